The zero-order valence-corrected chi connectivity index (χ0v) is 6.14. The SMILES string of the molecule is C=C(O)C(N)(CS)C(=O)O. The van der Waals surface area contributed by atoms with E-state index in [-0.39, 0.29) is 5.75 Å². The second kappa shape index (κ2) is 2.94. The first-order valence-electron chi connectivity index (χ1n) is 2.46. The maximum atomic E-state index is 10.3. The molecule has 58 valence electrons. The van der Waals surface area contributed by atoms with Gasteiger partial charge in [-0.3, -0.25) is 0 Å². The van der Waals surface area contributed by atoms with Gasteiger partial charge in [-0.05, 0) is 0 Å². The lowest BCUT2D eigenvalue weighted by molar-refractivity contribution is -0.141. The minimum atomic E-state index is -1.82. The lowest BCUT2D eigenvalue weighted by Crippen LogP contribution is -2.51. The molecule has 0 aliphatic carbocycles. The second-order valence-electron chi connectivity index (χ2n) is 1.88. The van der Waals surface area contributed by atoms with E-state index in [1.807, 2.05) is 0 Å². The molecule has 0 aliphatic heterocycles. The number of carboxylic acid groups (broad SMARTS) is 1. The van der Waals surface area contributed by atoms with Crippen LogP contribution in [0.1, 0.15) is 0 Å². The topological polar surface area (TPSA) is 83.5 Å². The van der Waals surface area contributed by atoms with Crippen LogP contribution in [0.4, 0.5) is 0 Å². The van der Waals surface area contributed by atoms with E-state index in [2.05, 4.69) is 19.2 Å². The summed E-state index contributed by atoms with van der Waals surface area (Å²) in [7, 11) is 0. The molecular formula is C5H9NO3S. The molecule has 0 aromatic carbocycles. The molecule has 0 heterocycles. The molecule has 0 spiro atoms. The lowest BCUT2D eigenvalue weighted by Gasteiger charge is -2.19. The van der Waals surface area contributed by atoms with Crippen LogP contribution in [-0.4, -0.2) is 27.5 Å². The maximum Gasteiger partial charge on any atom is 0.332 e. The Morgan fingerprint density at radius 2 is 2.10 bits per heavy atom. The summed E-state index contributed by atoms with van der Waals surface area (Å²) in [6.07, 6.45) is 0. The molecule has 10 heavy (non-hydrogen) atoms. The summed E-state index contributed by atoms with van der Waals surface area (Å²) in [4.78, 5) is 10.3. The molecule has 4 nitrogen and oxygen atoms in total. The van der Waals surface area contributed by atoms with Gasteiger partial charge in [-0.1, -0.05) is 6.58 Å². The summed E-state index contributed by atoms with van der Waals surface area (Å²) in [5.74, 6) is -2.11. The van der Waals surface area contributed by atoms with Crippen LogP contribution < -0.4 is 5.73 Å². The molecule has 0 rings (SSSR count). The Hall–Kier alpha value is -0.680. The average Bonchev–Trinajstić information content (AvgIpc) is 1.85. The second-order valence-corrected chi connectivity index (χ2v) is 2.20. The van der Waals surface area contributed by atoms with Crippen molar-refractivity contribution >= 4 is 18.6 Å². The third kappa shape index (κ3) is 1.43. The van der Waals surface area contributed by atoms with Gasteiger partial charge in [-0.15, -0.1) is 0 Å². The van der Waals surface area contributed by atoms with E-state index < -0.39 is 17.3 Å². The first-order chi connectivity index (χ1) is 4.45. The number of aliphatic hydroxyl groups excluding tert-OH is 1. The number of hydrogen-bond acceptors (Lipinski definition) is 4. The molecular weight excluding hydrogens is 154 g/mol. The Kier molecular flexibility index (Phi) is 2.74. The molecule has 5 heteroatoms. The third-order valence-electron chi connectivity index (χ3n) is 1.15. The number of aliphatic hydroxyl groups is 1. The summed E-state index contributed by atoms with van der Waals surface area (Å²) in [5.41, 5.74) is 3.34. The highest BCUT2D eigenvalue weighted by Crippen LogP contribution is 2.10. The molecule has 4 N–H and O–H groups in total. The highest BCUT2D eigenvalue weighted by Gasteiger charge is 2.35. The van der Waals surface area contributed by atoms with Crippen LogP contribution in [0.25, 0.3) is 0 Å². The smallest absolute Gasteiger partial charge is 0.332 e. The van der Waals surface area contributed by atoms with Crippen molar-refractivity contribution in [3.63, 3.8) is 0 Å². The van der Waals surface area contributed by atoms with Crippen LogP contribution >= 0.6 is 12.6 Å². The summed E-state index contributed by atoms with van der Waals surface area (Å²) in [6, 6.07) is 0. The van der Waals surface area contributed by atoms with Crippen LogP contribution in [0.5, 0.6) is 0 Å². The summed E-state index contributed by atoms with van der Waals surface area (Å²) >= 11 is 3.65. The molecule has 0 bridgehead atoms. The number of aliphatic carboxylic acids is 1. The number of carboxylic acids is 1. The van der Waals surface area contributed by atoms with Crippen LogP contribution in [0.15, 0.2) is 12.3 Å². The standard InChI is InChI=1S/C5H9NO3S/c1-3(7)5(6,2-10)4(8)9/h7,10H,1-2,6H2,(H,8,9). The van der Waals surface area contributed by atoms with Gasteiger partial charge in [0.05, 0.1) is 0 Å². The fraction of sp³-hybridized carbons (Fsp3) is 0.400. The van der Waals surface area contributed by atoms with E-state index >= 15 is 0 Å². The van der Waals surface area contributed by atoms with Crippen molar-refractivity contribution in [2.45, 2.75) is 5.54 Å². The molecule has 0 aliphatic rings. The molecule has 1 unspecified atom stereocenters. The predicted molar refractivity (Wildman–Crippen MR) is 40.2 cm³/mol. The van der Waals surface area contributed by atoms with Crippen molar-refractivity contribution in [1.82, 2.24) is 0 Å². The summed E-state index contributed by atoms with van der Waals surface area (Å²) in [5, 5.41) is 17.1. The normalized spacial score (nSPS) is 15.8. The molecule has 0 aromatic heterocycles. The highest BCUT2D eigenvalue weighted by molar-refractivity contribution is 7.80. The molecule has 0 fully saturated rings. The Morgan fingerprint density at radius 1 is 1.70 bits per heavy atom. The van der Waals surface area contributed by atoms with E-state index in [9.17, 15) is 4.79 Å². The van der Waals surface area contributed by atoms with Gasteiger partial charge in [-0.2, -0.15) is 12.6 Å². The Labute approximate surface area is 63.8 Å². The Balaban J connectivity index is 4.55. The van der Waals surface area contributed by atoms with Crippen molar-refractivity contribution in [3.05, 3.63) is 12.3 Å². The van der Waals surface area contributed by atoms with Crippen LogP contribution in [0.3, 0.4) is 0 Å². The molecule has 1 atom stereocenters. The van der Waals surface area contributed by atoms with Crippen LogP contribution in [0, 0.1) is 0 Å². The first-order valence-corrected chi connectivity index (χ1v) is 3.10. The number of rotatable bonds is 3. The van der Waals surface area contributed by atoms with Gasteiger partial charge in [0.1, 0.15) is 5.76 Å². The van der Waals surface area contributed by atoms with E-state index in [1.165, 1.54) is 0 Å². The Morgan fingerprint density at radius 3 is 2.10 bits per heavy atom. The zero-order valence-electron chi connectivity index (χ0n) is 5.24. The Bertz CT molecular complexity index is 154. The molecule has 0 saturated heterocycles. The van der Waals surface area contributed by atoms with Crippen molar-refractivity contribution in [2.24, 2.45) is 5.73 Å². The minimum Gasteiger partial charge on any atom is -0.510 e. The summed E-state index contributed by atoms with van der Waals surface area (Å²) in [6.45, 7) is 3.02. The quantitative estimate of drug-likeness (QED) is 0.342. The van der Waals surface area contributed by atoms with Crippen molar-refractivity contribution in [2.75, 3.05) is 5.75 Å². The third-order valence-corrected chi connectivity index (χ3v) is 1.64. The van der Waals surface area contributed by atoms with Gasteiger partial charge in [-0.25, -0.2) is 4.79 Å². The zero-order chi connectivity index (χ0) is 8.36. The maximum absolute atomic E-state index is 10.3. The van der Waals surface area contributed by atoms with Gasteiger partial charge in [0, 0.05) is 5.75 Å². The predicted octanol–water partition coefficient (Wildman–Crippen LogP) is -0.230. The van der Waals surface area contributed by atoms with E-state index in [1.54, 1.807) is 0 Å². The van der Waals surface area contributed by atoms with Crippen molar-refractivity contribution in [3.8, 4) is 0 Å². The van der Waals surface area contributed by atoms with Gasteiger partial charge in [0.25, 0.3) is 0 Å². The largest absolute Gasteiger partial charge is 0.510 e. The summed E-state index contributed by atoms with van der Waals surface area (Å²) < 4.78 is 0. The highest BCUT2D eigenvalue weighted by atomic mass is 32.1. The van der Waals surface area contributed by atoms with Gasteiger partial charge < -0.3 is 15.9 Å². The van der Waals surface area contributed by atoms with Crippen LogP contribution in [0.2, 0.25) is 0 Å². The van der Waals surface area contributed by atoms with Gasteiger partial charge in [0.2, 0.25) is 0 Å². The van der Waals surface area contributed by atoms with Crippen molar-refractivity contribution in [1.29, 1.82) is 0 Å². The number of carbonyl (C=O) groups is 1. The molecule has 0 aromatic rings. The monoisotopic (exact) mass is 163 g/mol. The lowest BCUT2D eigenvalue weighted by atomic mass is 10.0. The number of thiol groups is 1. The van der Waals surface area contributed by atoms with Gasteiger partial charge in [0.15, 0.2) is 5.54 Å². The van der Waals surface area contributed by atoms with E-state index in [4.69, 9.17) is 15.9 Å². The van der Waals surface area contributed by atoms with E-state index in [0.717, 1.165) is 0 Å². The first kappa shape index (κ1) is 9.32. The average molecular weight is 163 g/mol. The number of hydrogen-bond donors (Lipinski definition) is 4. The molecule has 0 radical (unpaired) electrons. The fourth-order valence-electron chi connectivity index (χ4n) is 0.282. The number of nitrogens with two attached hydrogens (primary N) is 1. The minimum absolute atomic E-state index is 0.183. The molecule has 0 saturated carbocycles. The van der Waals surface area contributed by atoms with E-state index in [0.29, 0.717) is 0 Å². The van der Waals surface area contributed by atoms with Gasteiger partial charge >= 0.3 is 5.97 Å². The van der Waals surface area contributed by atoms with Crippen LogP contribution in [-0.2, 0) is 4.79 Å². The molecule has 0 amide bonds. The van der Waals surface area contributed by atoms with Crippen molar-refractivity contribution < 1.29 is 15.0 Å². The fourth-order valence-corrected chi connectivity index (χ4v) is 0.600.